The molecule has 1 fully saturated rings. The van der Waals surface area contributed by atoms with Crippen LogP contribution in [-0.2, 0) is 4.79 Å². The number of nitrogens with zero attached hydrogens (tertiary/aromatic N) is 2. The summed E-state index contributed by atoms with van der Waals surface area (Å²) in [7, 11) is 0. The highest BCUT2D eigenvalue weighted by Gasteiger charge is 2.22. The Bertz CT molecular complexity index is 280. The molecule has 0 spiro atoms. The third kappa shape index (κ3) is 2.03. The van der Waals surface area contributed by atoms with Gasteiger partial charge in [0, 0.05) is 17.5 Å². The average Bonchev–Trinajstić information content (AvgIpc) is 2.74. The molecular weight excluding hydrogens is 186 g/mol. The predicted octanol–water partition coefficient (Wildman–Crippen LogP) is 1.67. The molecule has 2 rings (SSSR count). The number of aromatic nitrogens is 2. The van der Waals surface area contributed by atoms with Crippen molar-refractivity contribution in [2.75, 3.05) is 5.32 Å². The van der Waals surface area contributed by atoms with E-state index < -0.39 is 0 Å². The monoisotopic (exact) mass is 197 g/mol. The highest BCUT2D eigenvalue weighted by Crippen LogP contribution is 2.26. The molecular formula is C8H11N3OS. The summed E-state index contributed by atoms with van der Waals surface area (Å²) in [6.07, 6.45) is 5.99. The van der Waals surface area contributed by atoms with Crippen LogP contribution in [-0.4, -0.2) is 15.5 Å². The first kappa shape index (κ1) is 8.62. The van der Waals surface area contributed by atoms with E-state index in [2.05, 4.69) is 14.9 Å². The van der Waals surface area contributed by atoms with Crippen molar-refractivity contribution >= 4 is 22.4 Å². The van der Waals surface area contributed by atoms with Crippen LogP contribution in [0.3, 0.4) is 0 Å². The number of carbonyl (C=O) groups is 1. The Morgan fingerprint density at radius 2 is 2.31 bits per heavy atom. The maximum atomic E-state index is 11.6. The number of rotatable bonds is 2. The molecule has 1 saturated carbocycles. The lowest BCUT2D eigenvalue weighted by molar-refractivity contribution is -0.119. The van der Waals surface area contributed by atoms with Crippen LogP contribution in [0.2, 0.25) is 0 Å². The van der Waals surface area contributed by atoms with Gasteiger partial charge in [-0.05, 0) is 12.8 Å². The van der Waals surface area contributed by atoms with Crippen LogP contribution in [0.25, 0.3) is 0 Å². The van der Waals surface area contributed by atoms with E-state index in [-0.39, 0.29) is 11.8 Å². The van der Waals surface area contributed by atoms with Crippen LogP contribution in [0.4, 0.5) is 5.00 Å². The zero-order chi connectivity index (χ0) is 9.10. The van der Waals surface area contributed by atoms with Crippen LogP contribution in [0.5, 0.6) is 0 Å². The minimum Gasteiger partial charge on any atom is -0.315 e. The molecule has 0 unspecified atom stereocenters. The van der Waals surface area contributed by atoms with E-state index in [4.69, 9.17) is 0 Å². The van der Waals surface area contributed by atoms with Crippen molar-refractivity contribution in [3.63, 3.8) is 0 Å². The van der Waals surface area contributed by atoms with E-state index in [1.807, 2.05) is 0 Å². The van der Waals surface area contributed by atoms with Crippen molar-refractivity contribution in [1.29, 1.82) is 0 Å². The molecule has 1 heterocycles. The fourth-order valence-corrected chi connectivity index (χ4v) is 2.06. The van der Waals surface area contributed by atoms with Gasteiger partial charge in [0.25, 0.3) is 0 Å². The number of nitrogens with one attached hydrogen (secondary N) is 1. The van der Waals surface area contributed by atoms with E-state index in [1.54, 1.807) is 6.20 Å². The van der Waals surface area contributed by atoms with E-state index in [9.17, 15) is 4.79 Å². The maximum Gasteiger partial charge on any atom is 0.228 e. The van der Waals surface area contributed by atoms with Gasteiger partial charge in [-0.15, -0.1) is 5.10 Å². The number of carbonyl (C=O) groups excluding carboxylic acids is 1. The molecule has 0 saturated heterocycles. The molecule has 13 heavy (non-hydrogen) atoms. The SMILES string of the molecule is O=C(Nc1cnns1)C1CCCC1. The largest absolute Gasteiger partial charge is 0.315 e. The molecule has 0 atom stereocenters. The van der Waals surface area contributed by atoms with Crippen LogP contribution < -0.4 is 5.32 Å². The Morgan fingerprint density at radius 3 is 2.92 bits per heavy atom. The highest BCUT2D eigenvalue weighted by molar-refractivity contribution is 7.10. The van der Waals surface area contributed by atoms with Gasteiger partial charge in [-0.3, -0.25) is 4.79 Å². The van der Waals surface area contributed by atoms with Gasteiger partial charge in [0.1, 0.15) is 5.00 Å². The summed E-state index contributed by atoms with van der Waals surface area (Å²) < 4.78 is 3.68. The third-order valence-corrected chi connectivity index (χ3v) is 2.91. The van der Waals surface area contributed by atoms with Gasteiger partial charge in [0.05, 0.1) is 6.20 Å². The first-order valence-corrected chi connectivity index (χ1v) is 5.22. The van der Waals surface area contributed by atoms with Crippen molar-refractivity contribution in [3.05, 3.63) is 6.20 Å². The summed E-state index contributed by atoms with van der Waals surface area (Å²) in [5.41, 5.74) is 0. The zero-order valence-corrected chi connectivity index (χ0v) is 8.01. The first-order valence-electron chi connectivity index (χ1n) is 4.44. The Kier molecular flexibility index (Phi) is 2.54. The fraction of sp³-hybridized carbons (Fsp3) is 0.625. The Hall–Kier alpha value is -0.970. The molecule has 1 aliphatic carbocycles. The van der Waals surface area contributed by atoms with Gasteiger partial charge in [-0.1, -0.05) is 17.3 Å². The Balaban J connectivity index is 1.91. The number of anilines is 1. The van der Waals surface area contributed by atoms with Gasteiger partial charge in [-0.25, -0.2) is 0 Å². The van der Waals surface area contributed by atoms with Gasteiger partial charge >= 0.3 is 0 Å². The lowest BCUT2D eigenvalue weighted by atomic mass is 10.1. The molecule has 5 heteroatoms. The molecule has 1 aliphatic rings. The maximum absolute atomic E-state index is 11.6. The minimum atomic E-state index is 0.128. The van der Waals surface area contributed by atoms with Crippen molar-refractivity contribution in [1.82, 2.24) is 9.59 Å². The first-order chi connectivity index (χ1) is 6.36. The van der Waals surface area contributed by atoms with E-state index >= 15 is 0 Å². The number of hydrogen-bond donors (Lipinski definition) is 1. The molecule has 0 aromatic carbocycles. The summed E-state index contributed by atoms with van der Waals surface area (Å²) in [5, 5.41) is 7.22. The predicted molar refractivity (Wildman–Crippen MR) is 50.5 cm³/mol. The van der Waals surface area contributed by atoms with Gasteiger partial charge in [-0.2, -0.15) is 0 Å². The average molecular weight is 197 g/mol. The van der Waals surface area contributed by atoms with Crippen LogP contribution in [0.15, 0.2) is 6.20 Å². The number of amides is 1. The molecule has 0 bridgehead atoms. The Labute approximate surface area is 80.5 Å². The van der Waals surface area contributed by atoms with E-state index in [1.165, 1.54) is 24.4 Å². The van der Waals surface area contributed by atoms with Crippen molar-refractivity contribution < 1.29 is 4.79 Å². The molecule has 0 aliphatic heterocycles. The fourth-order valence-electron chi connectivity index (χ4n) is 1.63. The van der Waals surface area contributed by atoms with Gasteiger partial charge < -0.3 is 5.32 Å². The molecule has 1 aromatic rings. The molecule has 0 radical (unpaired) electrons. The molecule has 70 valence electrons. The highest BCUT2D eigenvalue weighted by atomic mass is 32.1. The molecule has 1 N–H and O–H groups in total. The second kappa shape index (κ2) is 3.83. The standard InChI is InChI=1S/C8H11N3OS/c12-8(6-3-1-2-4-6)10-7-5-9-11-13-7/h5-6H,1-4H2,(H,10,12). The Morgan fingerprint density at radius 1 is 1.54 bits per heavy atom. The smallest absolute Gasteiger partial charge is 0.228 e. The van der Waals surface area contributed by atoms with Crippen LogP contribution in [0, 0.1) is 5.92 Å². The second-order valence-electron chi connectivity index (χ2n) is 3.25. The van der Waals surface area contributed by atoms with E-state index in [0.717, 1.165) is 17.8 Å². The van der Waals surface area contributed by atoms with Crippen molar-refractivity contribution in [2.24, 2.45) is 5.92 Å². The summed E-state index contributed by atoms with van der Waals surface area (Å²) in [6.45, 7) is 0. The van der Waals surface area contributed by atoms with Gasteiger partial charge in [0.2, 0.25) is 5.91 Å². The quantitative estimate of drug-likeness (QED) is 0.784. The van der Waals surface area contributed by atoms with Gasteiger partial charge in [0.15, 0.2) is 0 Å². The van der Waals surface area contributed by atoms with E-state index in [0.29, 0.717) is 0 Å². The second-order valence-corrected chi connectivity index (χ2v) is 4.04. The third-order valence-electron chi connectivity index (χ3n) is 2.33. The minimum absolute atomic E-state index is 0.128. The number of hydrogen-bond acceptors (Lipinski definition) is 4. The lowest BCUT2D eigenvalue weighted by Crippen LogP contribution is -2.19. The van der Waals surface area contributed by atoms with Crippen molar-refractivity contribution in [3.8, 4) is 0 Å². The molecule has 1 aromatic heterocycles. The summed E-state index contributed by atoms with van der Waals surface area (Å²) in [4.78, 5) is 11.6. The summed E-state index contributed by atoms with van der Waals surface area (Å²) in [6, 6.07) is 0. The lowest BCUT2D eigenvalue weighted by Gasteiger charge is -2.06. The normalized spacial score (nSPS) is 17.5. The van der Waals surface area contributed by atoms with Crippen LogP contribution >= 0.6 is 11.5 Å². The molecule has 4 nitrogen and oxygen atoms in total. The van der Waals surface area contributed by atoms with Crippen LogP contribution in [0.1, 0.15) is 25.7 Å². The topological polar surface area (TPSA) is 54.9 Å². The summed E-state index contributed by atoms with van der Waals surface area (Å²) in [5.74, 6) is 0.339. The molecule has 1 amide bonds. The van der Waals surface area contributed by atoms with Crippen molar-refractivity contribution in [2.45, 2.75) is 25.7 Å². The zero-order valence-electron chi connectivity index (χ0n) is 7.19. The summed E-state index contributed by atoms with van der Waals surface area (Å²) >= 11 is 1.22.